The molecular formula is C24H16BFN2O6. The number of benzene rings is 3. The molecule has 2 aromatic heterocycles. The lowest BCUT2D eigenvalue weighted by Gasteiger charge is -2.07. The van der Waals surface area contributed by atoms with Gasteiger partial charge in [-0.3, -0.25) is 4.79 Å². The smallest absolute Gasteiger partial charge is 0.485 e. The Hall–Kier alpha value is -4.28. The third-order valence-corrected chi connectivity index (χ3v) is 5.12. The van der Waals surface area contributed by atoms with Crippen molar-refractivity contribution in [2.75, 3.05) is 0 Å². The van der Waals surface area contributed by atoms with Crippen molar-refractivity contribution in [1.29, 1.82) is 0 Å². The molecule has 0 atom stereocenters. The molecule has 0 aliphatic heterocycles. The predicted molar refractivity (Wildman–Crippen MR) is 122 cm³/mol. The summed E-state index contributed by atoms with van der Waals surface area (Å²) < 4.78 is 29.9. The Bertz CT molecular complexity index is 1510. The predicted octanol–water partition coefficient (Wildman–Crippen LogP) is 2.91. The lowest BCUT2D eigenvalue weighted by Crippen LogP contribution is -2.29. The van der Waals surface area contributed by atoms with E-state index in [-0.39, 0.29) is 23.7 Å². The van der Waals surface area contributed by atoms with Gasteiger partial charge in [0, 0.05) is 23.3 Å². The van der Waals surface area contributed by atoms with Crippen LogP contribution >= 0.6 is 0 Å². The van der Waals surface area contributed by atoms with E-state index in [1.807, 2.05) is 0 Å². The Morgan fingerprint density at radius 3 is 2.41 bits per heavy atom. The maximum atomic E-state index is 13.1. The van der Waals surface area contributed by atoms with Gasteiger partial charge in [-0.2, -0.15) is 4.98 Å². The zero-order valence-electron chi connectivity index (χ0n) is 17.5. The van der Waals surface area contributed by atoms with Gasteiger partial charge in [0.2, 0.25) is 5.82 Å². The highest BCUT2D eigenvalue weighted by Crippen LogP contribution is 2.25. The monoisotopic (exact) mass is 458 g/mol. The Labute approximate surface area is 192 Å². The molecule has 34 heavy (non-hydrogen) atoms. The van der Waals surface area contributed by atoms with Gasteiger partial charge in [0.25, 0.3) is 5.89 Å². The maximum Gasteiger partial charge on any atom is 0.488 e. The van der Waals surface area contributed by atoms with Crippen LogP contribution < -0.4 is 15.6 Å². The first-order valence-corrected chi connectivity index (χ1v) is 10.2. The van der Waals surface area contributed by atoms with E-state index in [1.165, 1.54) is 42.5 Å². The summed E-state index contributed by atoms with van der Waals surface area (Å²) >= 11 is 0. The van der Waals surface area contributed by atoms with Gasteiger partial charge in [0.1, 0.15) is 22.9 Å². The molecular weight excluding hydrogens is 442 g/mol. The van der Waals surface area contributed by atoms with Crippen molar-refractivity contribution in [3.63, 3.8) is 0 Å². The molecule has 0 aliphatic carbocycles. The highest BCUT2D eigenvalue weighted by Gasteiger charge is 2.13. The lowest BCUT2D eigenvalue weighted by molar-refractivity contribution is 0.287. The van der Waals surface area contributed by atoms with E-state index in [2.05, 4.69) is 10.1 Å². The summed E-state index contributed by atoms with van der Waals surface area (Å²) in [7, 11) is -1.58. The molecule has 10 heteroatoms. The minimum atomic E-state index is -1.58. The summed E-state index contributed by atoms with van der Waals surface area (Å²) in [6, 6.07) is 18.2. The van der Waals surface area contributed by atoms with Crippen LogP contribution in [0.5, 0.6) is 5.75 Å². The van der Waals surface area contributed by atoms with Crippen molar-refractivity contribution in [3.05, 3.63) is 94.7 Å². The Balaban J connectivity index is 1.36. The molecule has 0 amide bonds. The van der Waals surface area contributed by atoms with E-state index < -0.39 is 7.12 Å². The van der Waals surface area contributed by atoms with E-state index in [4.69, 9.17) is 13.7 Å². The number of aromatic nitrogens is 2. The van der Waals surface area contributed by atoms with E-state index >= 15 is 0 Å². The standard InChI is InChI=1S/C24H16BFN2O6/c26-17-7-3-15(4-8-17)24-27-23(28-34-24)13-32-18-9-10-19-20(29)12-21(33-22(19)11-18)14-1-5-16(6-2-14)25(30)31/h1-12,30-31H,13H2. The van der Waals surface area contributed by atoms with Crippen LogP contribution in [0.3, 0.4) is 0 Å². The Morgan fingerprint density at radius 2 is 1.68 bits per heavy atom. The molecule has 0 unspecified atom stereocenters. The van der Waals surface area contributed by atoms with Gasteiger partial charge in [0.05, 0.1) is 5.39 Å². The molecule has 0 saturated carbocycles. The molecule has 0 fully saturated rings. The fraction of sp³-hybridized carbons (Fsp3) is 0.0417. The summed E-state index contributed by atoms with van der Waals surface area (Å²) in [5.41, 5.74) is 1.62. The minimum Gasteiger partial charge on any atom is -0.485 e. The highest BCUT2D eigenvalue weighted by molar-refractivity contribution is 6.58. The molecule has 5 aromatic rings. The molecule has 168 valence electrons. The number of rotatable bonds is 6. The van der Waals surface area contributed by atoms with Crippen molar-refractivity contribution in [2.45, 2.75) is 6.61 Å². The van der Waals surface area contributed by atoms with Gasteiger partial charge in [-0.15, -0.1) is 0 Å². The van der Waals surface area contributed by atoms with Crippen molar-refractivity contribution >= 4 is 23.6 Å². The number of fused-ring (bicyclic) bond motifs is 1. The lowest BCUT2D eigenvalue weighted by atomic mass is 9.80. The zero-order chi connectivity index (χ0) is 23.7. The van der Waals surface area contributed by atoms with Gasteiger partial charge in [-0.05, 0) is 41.9 Å². The molecule has 0 radical (unpaired) electrons. The molecule has 0 spiro atoms. The molecule has 0 aliphatic rings. The van der Waals surface area contributed by atoms with Crippen LogP contribution in [0, 0.1) is 5.82 Å². The fourth-order valence-electron chi connectivity index (χ4n) is 3.36. The third kappa shape index (κ3) is 4.45. The summed E-state index contributed by atoms with van der Waals surface area (Å²) in [5.74, 6) is 0.933. The largest absolute Gasteiger partial charge is 0.488 e. The Morgan fingerprint density at radius 1 is 0.941 bits per heavy atom. The van der Waals surface area contributed by atoms with Gasteiger partial charge in [-0.25, -0.2) is 4.39 Å². The average molecular weight is 458 g/mol. The number of hydrogen-bond donors (Lipinski definition) is 2. The first-order valence-electron chi connectivity index (χ1n) is 10.2. The van der Waals surface area contributed by atoms with Crippen LogP contribution in [-0.2, 0) is 6.61 Å². The molecule has 3 aromatic carbocycles. The quantitative estimate of drug-likeness (QED) is 0.373. The average Bonchev–Trinajstić information content (AvgIpc) is 3.32. The van der Waals surface area contributed by atoms with Gasteiger partial charge in [0.15, 0.2) is 12.0 Å². The molecule has 8 nitrogen and oxygen atoms in total. The topological polar surface area (TPSA) is 119 Å². The van der Waals surface area contributed by atoms with Crippen molar-refractivity contribution in [2.24, 2.45) is 0 Å². The first-order chi connectivity index (χ1) is 16.5. The van der Waals surface area contributed by atoms with E-state index in [1.54, 1.807) is 30.3 Å². The number of hydrogen-bond acceptors (Lipinski definition) is 8. The van der Waals surface area contributed by atoms with Crippen LogP contribution in [-0.4, -0.2) is 27.3 Å². The first kappa shape index (κ1) is 21.6. The van der Waals surface area contributed by atoms with Crippen LogP contribution in [0.4, 0.5) is 4.39 Å². The second-order valence-corrected chi connectivity index (χ2v) is 7.44. The summed E-state index contributed by atoms with van der Waals surface area (Å²) in [4.78, 5) is 16.8. The SMILES string of the molecule is O=c1cc(-c2ccc(B(O)O)cc2)oc2cc(OCc3noc(-c4ccc(F)cc4)n3)ccc12. The van der Waals surface area contributed by atoms with Crippen LogP contribution in [0.2, 0.25) is 0 Å². The minimum absolute atomic E-state index is 0.00503. The van der Waals surface area contributed by atoms with Gasteiger partial charge in [-0.1, -0.05) is 29.4 Å². The number of ether oxygens (including phenoxy) is 1. The van der Waals surface area contributed by atoms with E-state index in [0.717, 1.165) is 0 Å². The zero-order valence-corrected chi connectivity index (χ0v) is 17.5. The molecule has 5 rings (SSSR count). The second-order valence-electron chi connectivity index (χ2n) is 7.44. The van der Waals surface area contributed by atoms with Gasteiger partial charge >= 0.3 is 7.12 Å². The summed E-state index contributed by atoms with van der Waals surface area (Å²) in [6.45, 7) is 0.00503. The Kier molecular flexibility index (Phi) is 5.66. The summed E-state index contributed by atoms with van der Waals surface area (Å²) in [6.07, 6.45) is 0. The van der Waals surface area contributed by atoms with E-state index in [0.29, 0.717) is 44.9 Å². The highest BCUT2D eigenvalue weighted by atomic mass is 19.1. The summed E-state index contributed by atoms with van der Waals surface area (Å²) in [5, 5.41) is 22.7. The fourth-order valence-corrected chi connectivity index (χ4v) is 3.36. The third-order valence-electron chi connectivity index (χ3n) is 5.12. The number of halogens is 1. The molecule has 0 bridgehead atoms. The number of nitrogens with zero attached hydrogens (tertiary/aromatic N) is 2. The van der Waals surface area contributed by atoms with Crippen molar-refractivity contribution in [1.82, 2.24) is 10.1 Å². The van der Waals surface area contributed by atoms with Crippen molar-refractivity contribution in [3.8, 4) is 28.5 Å². The van der Waals surface area contributed by atoms with E-state index in [9.17, 15) is 19.2 Å². The molecule has 0 saturated heterocycles. The second kappa shape index (κ2) is 8.93. The molecule has 2 heterocycles. The van der Waals surface area contributed by atoms with Gasteiger partial charge < -0.3 is 23.7 Å². The normalized spacial score (nSPS) is 11.0. The van der Waals surface area contributed by atoms with Crippen LogP contribution in [0.25, 0.3) is 33.7 Å². The maximum absolute atomic E-state index is 13.1. The van der Waals surface area contributed by atoms with Crippen LogP contribution in [0.15, 0.2) is 86.5 Å². The molecule has 2 N–H and O–H groups in total. The van der Waals surface area contributed by atoms with Crippen LogP contribution in [0.1, 0.15) is 5.82 Å². The van der Waals surface area contributed by atoms with Crippen molar-refractivity contribution < 1.29 is 28.1 Å².